The van der Waals surface area contributed by atoms with E-state index in [0.29, 0.717) is 0 Å². The van der Waals surface area contributed by atoms with Crippen LogP contribution in [0.5, 0.6) is 0 Å². The molecular formula is C8H16N2. The zero-order chi connectivity index (χ0) is 7.56. The highest BCUT2D eigenvalue weighted by molar-refractivity contribution is 5.11. The second kappa shape index (κ2) is 3.06. The monoisotopic (exact) mass is 140 g/mol. The Kier molecular flexibility index (Phi) is 2.33. The van der Waals surface area contributed by atoms with Gasteiger partial charge in [0.2, 0.25) is 0 Å². The molecule has 0 aromatic heterocycles. The van der Waals surface area contributed by atoms with Crippen LogP contribution in [0.3, 0.4) is 0 Å². The number of hydrogen-bond acceptors (Lipinski definition) is 2. The van der Waals surface area contributed by atoms with Gasteiger partial charge in [0.15, 0.2) is 0 Å². The normalized spacial score (nSPS) is 18.3. The molecule has 2 heteroatoms. The molecule has 1 N–H and O–H groups in total. The molecule has 1 rings (SSSR count). The maximum absolute atomic E-state index is 3.17. The number of hydrogen-bond donors (Lipinski definition) is 1. The Bertz CT molecular complexity index is 145. The Labute approximate surface area is 62.9 Å². The first-order valence-electron chi connectivity index (χ1n) is 3.87. The third-order valence-electron chi connectivity index (χ3n) is 1.97. The van der Waals surface area contributed by atoms with Crippen molar-refractivity contribution in [1.82, 2.24) is 10.4 Å². The minimum absolute atomic E-state index is 1.16. The minimum atomic E-state index is 1.16. The fourth-order valence-electron chi connectivity index (χ4n) is 1.44. The zero-order valence-corrected chi connectivity index (χ0v) is 7.07. The van der Waals surface area contributed by atoms with Crippen LogP contribution in [0.15, 0.2) is 11.3 Å². The van der Waals surface area contributed by atoms with Gasteiger partial charge in [0.05, 0.1) is 0 Å². The first-order chi connectivity index (χ1) is 4.75. The fraction of sp³-hybridized carbons (Fsp3) is 0.750. The Hall–Kier alpha value is -0.500. The molecule has 0 bridgehead atoms. The summed E-state index contributed by atoms with van der Waals surface area (Å²) in [5.41, 5.74) is 6.08. The van der Waals surface area contributed by atoms with Crippen LogP contribution in [-0.4, -0.2) is 18.6 Å². The highest BCUT2D eigenvalue weighted by atomic mass is 15.5. The molecule has 0 aliphatic carbocycles. The van der Waals surface area contributed by atoms with E-state index in [1.807, 2.05) is 7.05 Å². The Morgan fingerprint density at radius 3 is 2.60 bits per heavy atom. The summed E-state index contributed by atoms with van der Waals surface area (Å²) in [6.45, 7) is 5.51. The molecule has 1 aliphatic heterocycles. The second-order valence-corrected chi connectivity index (χ2v) is 2.93. The van der Waals surface area contributed by atoms with Crippen LogP contribution >= 0.6 is 0 Å². The molecule has 0 atom stereocenters. The van der Waals surface area contributed by atoms with Gasteiger partial charge in [-0.05, 0) is 26.7 Å². The van der Waals surface area contributed by atoms with Gasteiger partial charge in [-0.3, -0.25) is 0 Å². The van der Waals surface area contributed by atoms with Crippen molar-refractivity contribution in [3.63, 3.8) is 0 Å². The molecule has 2 nitrogen and oxygen atoms in total. The fourth-order valence-corrected chi connectivity index (χ4v) is 1.44. The first-order valence-corrected chi connectivity index (χ1v) is 3.87. The molecule has 10 heavy (non-hydrogen) atoms. The van der Waals surface area contributed by atoms with E-state index in [-0.39, 0.29) is 0 Å². The Morgan fingerprint density at radius 2 is 2.20 bits per heavy atom. The number of nitrogens with zero attached hydrogens (tertiary/aromatic N) is 1. The smallest absolute Gasteiger partial charge is 0.0344 e. The van der Waals surface area contributed by atoms with Gasteiger partial charge in [0.25, 0.3) is 0 Å². The molecule has 0 spiro atoms. The highest BCUT2D eigenvalue weighted by Gasteiger charge is 2.15. The quantitative estimate of drug-likeness (QED) is 0.594. The zero-order valence-electron chi connectivity index (χ0n) is 7.07. The van der Waals surface area contributed by atoms with E-state index in [9.17, 15) is 0 Å². The van der Waals surface area contributed by atoms with E-state index in [2.05, 4.69) is 24.3 Å². The average Bonchev–Trinajstić information content (AvgIpc) is 2.33. The lowest BCUT2D eigenvalue weighted by atomic mass is 10.2. The maximum atomic E-state index is 3.17. The predicted molar refractivity (Wildman–Crippen MR) is 43.4 cm³/mol. The maximum Gasteiger partial charge on any atom is 0.0344 e. The van der Waals surface area contributed by atoms with Crippen molar-refractivity contribution >= 4 is 0 Å². The molecule has 1 saturated heterocycles. The standard InChI is InChI=1S/C8H16N2/c1-7(2)8-5-4-6-10(8)9-3/h9H,4-6H2,1-3H3. The summed E-state index contributed by atoms with van der Waals surface area (Å²) >= 11 is 0. The van der Waals surface area contributed by atoms with E-state index in [1.54, 1.807) is 0 Å². The van der Waals surface area contributed by atoms with Crippen LogP contribution in [0, 0.1) is 0 Å². The Balaban J connectivity index is 2.68. The largest absolute Gasteiger partial charge is 0.313 e. The summed E-state index contributed by atoms with van der Waals surface area (Å²) < 4.78 is 0. The van der Waals surface area contributed by atoms with Gasteiger partial charge in [0, 0.05) is 19.3 Å². The van der Waals surface area contributed by atoms with Gasteiger partial charge in [-0.2, -0.15) is 0 Å². The molecular weight excluding hydrogens is 124 g/mol. The van der Waals surface area contributed by atoms with Gasteiger partial charge in [0.1, 0.15) is 0 Å². The summed E-state index contributed by atoms with van der Waals surface area (Å²) in [4.78, 5) is 0. The highest BCUT2D eigenvalue weighted by Crippen LogP contribution is 2.21. The van der Waals surface area contributed by atoms with E-state index in [0.717, 1.165) is 6.54 Å². The molecule has 0 aromatic rings. The summed E-state index contributed by atoms with van der Waals surface area (Å²) in [6, 6.07) is 0. The van der Waals surface area contributed by atoms with Crippen molar-refractivity contribution < 1.29 is 0 Å². The number of hydrazine groups is 1. The number of allylic oxidation sites excluding steroid dienone is 2. The Morgan fingerprint density at radius 1 is 1.50 bits per heavy atom. The lowest BCUT2D eigenvalue weighted by molar-refractivity contribution is 0.308. The second-order valence-electron chi connectivity index (χ2n) is 2.93. The van der Waals surface area contributed by atoms with Gasteiger partial charge in [-0.25, -0.2) is 5.43 Å². The van der Waals surface area contributed by atoms with Crippen molar-refractivity contribution in [2.45, 2.75) is 26.7 Å². The molecule has 0 radical (unpaired) electrons. The lowest BCUT2D eigenvalue weighted by Gasteiger charge is -2.19. The summed E-state index contributed by atoms with van der Waals surface area (Å²) in [5, 5.41) is 2.23. The third-order valence-corrected chi connectivity index (χ3v) is 1.97. The minimum Gasteiger partial charge on any atom is -0.313 e. The van der Waals surface area contributed by atoms with Crippen LogP contribution < -0.4 is 5.43 Å². The predicted octanol–water partition coefficient (Wildman–Crippen LogP) is 1.51. The number of rotatable bonds is 1. The van der Waals surface area contributed by atoms with E-state index in [1.165, 1.54) is 24.1 Å². The van der Waals surface area contributed by atoms with Crippen molar-refractivity contribution in [2.75, 3.05) is 13.6 Å². The van der Waals surface area contributed by atoms with Gasteiger partial charge in [-0.1, -0.05) is 5.57 Å². The van der Waals surface area contributed by atoms with Crippen LogP contribution in [0.1, 0.15) is 26.7 Å². The van der Waals surface area contributed by atoms with Gasteiger partial charge in [-0.15, -0.1) is 0 Å². The molecule has 0 amide bonds. The molecule has 58 valence electrons. The van der Waals surface area contributed by atoms with Crippen molar-refractivity contribution in [1.29, 1.82) is 0 Å². The van der Waals surface area contributed by atoms with E-state index < -0.39 is 0 Å². The first kappa shape index (κ1) is 7.61. The van der Waals surface area contributed by atoms with Crippen molar-refractivity contribution in [3.05, 3.63) is 11.3 Å². The summed E-state index contributed by atoms with van der Waals surface area (Å²) in [5.74, 6) is 0. The molecule has 1 aliphatic rings. The SMILES string of the molecule is CNN1CCCC1=C(C)C. The topological polar surface area (TPSA) is 15.3 Å². The average molecular weight is 140 g/mol. The van der Waals surface area contributed by atoms with Crippen LogP contribution in [-0.2, 0) is 0 Å². The van der Waals surface area contributed by atoms with Crippen molar-refractivity contribution in [3.8, 4) is 0 Å². The van der Waals surface area contributed by atoms with Gasteiger partial charge < -0.3 is 5.01 Å². The molecule has 1 fully saturated rings. The van der Waals surface area contributed by atoms with Crippen LogP contribution in [0.2, 0.25) is 0 Å². The lowest BCUT2D eigenvalue weighted by Crippen LogP contribution is -2.30. The molecule has 0 aromatic carbocycles. The van der Waals surface area contributed by atoms with Crippen molar-refractivity contribution in [2.24, 2.45) is 0 Å². The summed E-state index contributed by atoms with van der Waals surface area (Å²) in [6.07, 6.45) is 2.53. The van der Waals surface area contributed by atoms with E-state index in [4.69, 9.17) is 0 Å². The van der Waals surface area contributed by atoms with E-state index >= 15 is 0 Å². The molecule has 1 heterocycles. The van der Waals surface area contributed by atoms with Crippen LogP contribution in [0.4, 0.5) is 0 Å². The summed E-state index contributed by atoms with van der Waals surface area (Å²) in [7, 11) is 1.98. The number of nitrogens with one attached hydrogen (secondary N) is 1. The molecule has 0 unspecified atom stereocenters. The van der Waals surface area contributed by atoms with Gasteiger partial charge >= 0.3 is 0 Å². The third kappa shape index (κ3) is 1.32. The van der Waals surface area contributed by atoms with Crippen LogP contribution in [0.25, 0.3) is 0 Å². The molecule has 0 saturated carbocycles.